The number of non-ortho nitro benzene ring substituents is 1. The second-order valence-corrected chi connectivity index (χ2v) is 7.10. The van der Waals surface area contributed by atoms with Crippen molar-refractivity contribution in [3.05, 3.63) is 84.4 Å². The van der Waals surface area contributed by atoms with Crippen molar-refractivity contribution in [2.24, 2.45) is 0 Å². The van der Waals surface area contributed by atoms with Gasteiger partial charge in [0.1, 0.15) is 5.92 Å². The highest BCUT2D eigenvalue weighted by Gasteiger charge is 2.57. The zero-order chi connectivity index (χ0) is 22.5. The summed E-state index contributed by atoms with van der Waals surface area (Å²) in [6.07, 6.45) is 0. The van der Waals surface area contributed by atoms with Crippen molar-refractivity contribution in [2.45, 2.75) is 18.5 Å². The van der Waals surface area contributed by atoms with Crippen LogP contribution in [0.2, 0.25) is 0 Å². The molecule has 0 spiro atoms. The molecule has 0 saturated heterocycles. The first-order valence-corrected chi connectivity index (χ1v) is 9.43. The first-order chi connectivity index (χ1) is 14.1. The van der Waals surface area contributed by atoms with Gasteiger partial charge in [0.05, 0.1) is 11.5 Å². The maximum absolute atomic E-state index is 16.3. The van der Waals surface area contributed by atoms with Crippen molar-refractivity contribution in [2.75, 3.05) is 13.2 Å². The zero-order valence-corrected chi connectivity index (χ0v) is 17.2. The fourth-order valence-corrected chi connectivity index (χ4v) is 3.32. The average Bonchev–Trinajstić information content (AvgIpc) is 2.71. The quantitative estimate of drug-likeness (QED) is 0.174. The van der Waals surface area contributed by atoms with Gasteiger partial charge in [-0.2, -0.15) is 0 Å². The normalized spacial score (nSPS) is 13.7. The number of halogens is 2. The van der Waals surface area contributed by atoms with Gasteiger partial charge in [-0.05, 0) is 36.8 Å². The van der Waals surface area contributed by atoms with Crippen molar-refractivity contribution in [3.8, 4) is 0 Å². The van der Waals surface area contributed by atoms with Crippen molar-refractivity contribution in [3.63, 3.8) is 0 Å². The number of hydrogen-bond donors (Lipinski definition) is 0. The van der Waals surface area contributed by atoms with Crippen LogP contribution in [0.3, 0.4) is 0 Å². The summed E-state index contributed by atoms with van der Waals surface area (Å²) in [5.74, 6) is -4.76. The lowest BCUT2D eigenvalue weighted by atomic mass is 9.78. The number of carbonyl (C=O) groups excluding carboxylic acids is 2. The Hall–Kier alpha value is -3.21. The van der Waals surface area contributed by atoms with Crippen LogP contribution in [-0.2, 0) is 9.53 Å². The summed E-state index contributed by atoms with van der Waals surface area (Å²) >= 11 is 3.18. The van der Waals surface area contributed by atoms with E-state index in [2.05, 4.69) is 15.9 Å². The number of hydrogen-bond acceptors (Lipinski definition) is 7. The molecule has 0 radical (unpaired) electrons. The second kappa shape index (κ2) is 9.53. The number of nitro benzene ring substituents is 1. The highest BCUT2D eigenvalue weighted by atomic mass is 79.9. The Labute approximate surface area is 178 Å². The monoisotopic (exact) mass is 482 g/mol. The van der Waals surface area contributed by atoms with E-state index in [1.807, 2.05) is 0 Å². The maximum Gasteiger partial charge on any atom is 0.353 e. The van der Waals surface area contributed by atoms with Gasteiger partial charge in [-0.1, -0.05) is 28.1 Å². The first kappa shape index (κ1) is 23.1. The van der Waals surface area contributed by atoms with E-state index in [1.54, 1.807) is 6.07 Å². The van der Waals surface area contributed by atoms with Crippen LogP contribution in [0.25, 0.3) is 0 Å². The van der Waals surface area contributed by atoms with E-state index in [4.69, 9.17) is 4.74 Å². The Morgan fingerprint density at radius 3 is 2.30 bits per heavy atom. The van der Waals surface area contributed by atoms with Gasteiger partial charge in [0.25, 0.3) is 11.4 Å². The predicted molar refractivity (Wildman–Crippen MR) is 107 cm³/mol. The second-order valence-electron chi connectivity index (χ2n) is 6.19. The minimum absolute atomic E-state index is 0.0342. The number of carbonyl (C=O) groups is 2. The number of esters is 1. The summed E-state index contributed by atoms with van der Waals surface area (Å²) in [4.78, 5) is 46.2. The van der Waals surface area contributed by atoms with Crippen molar-refractivity contribution >= 4 is 33.4 Å². The molecule has 0 aliphatic heterocycles. The summed E-state index contributed by atoms with van der Waals surface area (Å²) in [6, 6.07) is 9.71. The molecule has 11 heteroatoms. The summed E-state index contributed by atoms with van der Waals surface area (Å²) < 4.78 is 21.5. The summed E-state index contributed by atoms with van der Waals surface area (Å²) in [7, 11) is 0. The summed E-state index contributed by atoms with van der Waals surface area (Å²) in [5, 5.41) is 22.1. The zero-order valence-electron chi connectivity index (χ0n) is 15.6. The minimum Gasteiger partial charge on any atom is -0.463 e. The number of rotatable bonds is 9. The Morgan fingerprint density at radius 2 is 1.80 bits per heavy atom. The molecule has 0 aromatic heterocycles. The van der Waals surface area contributed by atoms with Crippen molar-refractivity contribution in [1.82, 2.24) is 0 Å². The number of ether oxygens (including phenoxy) is 1. The predicted octanol–water partition coefficient (Wildman–Crippen LogP) is 3.87. The Balaban J connectivity index is 2.64. The molecule has 0 heterocycles. The van der Waals surface area contributed by atoms with Crippen LogP contribution in [0, 0.1) is 20.2 Å². The molecule has 0 N–H and O–H groups in total. The molecule has 2 aromatic carbocycles. The molecule has 0 aliphatic carbocycles. The molecule has 9 nitrogen and oxygen atoms in total. The Bertz CT molecular complexity index is 983. The largest absolute Gasteiger partial charge is 0.463 e. The molecule has 0 saturated carbocycles. The van der Waals surface area contributed by atoms with Gasteiger partial charge in [-0.15, -0.1) is 0 Å². The standard InChI is InChI=1S/C19H16BrFN2O7/c1-2-30-18(25)19(21,17(24)12-6-8-15(9-7-12)23(28)29)16(11-22(26)27)13-4-3-5-14(20)10-13/h3-10,16H,2,11H2,1H3/t16-,19+/m1/s1. The fourth-order valence-electron chi connectivity index (χ4n) is 2.91. The molecule has 158 valence electrons. The molecule has 30 heavy (non-hydrogen) atoms. The number of benzene rings is 2. The number of alkyl halides is 1. The van der Waals surface area contributed by atoms with E-state index >= 15 is 4.39 Å². The van der Waals surface area contributed by atoms with Gasteiger partial charge in [-0.3, -0.25) is 25.0 Å². The molecule has 0 fully saturated rings. The lowest BCUT2D eigenvalue weighted by Crippen LogP contribution is -2.51. The van der Waals surface area contributed by atoms with Gasteiger partial charge < -0.3 is 4.74 Å². The van der Waals surface area contributed by atoms with Crippen molar-refractivity contribution < 1.29 is 28.6 Å². The fraction of sp³-hybridized carbons (Fsp3) is 0.263. The van der Waals surface area contributed by atoms with E-state index in [-0.39, 0.29) is 23.4 Å². The third-order valence-corrected chi connectivity index (χ3v) is 4.80. The summed E-state index contributed by atoms with van der Waals surface area (Å²) in [6.45, 7) is 0.0719. The van der Waals surface area contributed by atoms with Crippen molar-refractivity contribution in [1.29, 1.82) is 0 Å². The number of Topliss-reactive ketones (excluding diaryl/α,β-unsaturated/α-hetero) is 1. The van der Waals surface area contributed by atoms with Gasteiger partial charge in [-0.25, -0.2) is 9.18 Å². The van der Waals surface area contributed by atoms with Gasteiger partial charge in [0, 0.05) is 27.1 Å². The highest BCUT2D eigenvalue weighted by molar-refractivity contribution is 9.10. The molecule has 2 rings (SSSR count). The van der Waals surface area contributed by atoms with Gasteiger partial charge in [0.2, 0.25) is 12.3 Å². The minimum atomic E-state index is -3.43. The SMILES string of the molecule is CCOC(=O)[C@@](F)(C(=O)c1ccc([N+](=O)[O-])cc1)[C@H](C[N+](=O)[O-])c1cccc(Br)c1. The smallest absolute Gasteiger partial charge is 0.353 e. The number of nitro groups is 2. The molecule has 0 amide bonds. The molecular weight excluding hydrogens is 467 g/mol. The first-order valence-electron chi connectivity index (χ1n) is 8.63. The van der Waals surface area contributed by atoms with E-state index in [0.717, 1.165) is 24.3 Å². The van der Waals surface area contributed by atoms with E-state index in [9.17, 15) is 29.8 Å². The molecular formula is C19H16BrFN2O7. The lowest BCUT2D eigenvalue weighted by molar-refractivity contribution is -0.485. The van der Waals surface area contributed by atoms with Crippen LogP contribution in [0.15, 0.2) is 53.0 Å². The van der Waals surface area contributed by atoms with Crippen LogP contribution < -0.4 is 0 Å². The van der Waals surface area contributed by atoms with Gasteiger partial charge >= 0.3 is 5.97 Å². The Morgan fingerprint density at radius 1 is 1.17 bits per heavy atom. The third kappa shape index (κ3) is 4.85. The maximum atomic E-state index is 16.3. The molecule has 0 aliphatic rings. The molecule has 0 unspecified atom stereocenters. The average molecular weight is 483 g/mol. The third-order valence-electron chi connectivity index (χ3n) is 4.31. The van der Waals surface area contributed by atoms with Crippen LogP contribution in [-0.4, -0.2) is 40.4 Å². The number of nitrogens with zero attached hydrogens (tertiary/aromatic N) is 2. The van der Waals surface area contributed by atoms with Crippen LogP contribution in [0.4, 0.5) is 10.1 Å². The molecule has 2 atom stereocenters. The van der Waals surface area contributed by atoms with E-state index < -0.39 is 39.7 Å². The lowest BCUT2D eigenvalue weighted by Gasteiger charge is -2.28. The highest BCUT2D eigenvalue weighted by Crippen LogP contribution is 2.38. The Kier molecular flexibility index (Phi) is 7.33. The summed E-state index contributed by atoms with van der Waals surface area (Å²) in [5.41, 5.74) is -4.10. The molecule has 0 bridgehead atoms. The molecule has 2 aromatic rings. The van der Waals surface area contributed by atoms with Crippen LogP contribution in [0.5, 0.6) is 0 Å². The topological polar surface area (TPSA) is 130 Å². The van der Waals surface area contributed by atoms with E-state index in [1.165, 1.54) is 25.1 Å². The van der Waals surface area contributed by atoms with E-state index in [0.29, 0.717) is 4.47 Å². The van der Waals surface area contributed by atoms with Crippen LogP contribution >= 0.6 is 15.9 Å². The van der Waals surface area contributed by atoms with Crippen LogP contribution in [0.1, 0.15) is 28.8 Å². The number of ketones is 1. The van der Waals surface area contributed by atoms with Gasteiger partial charge in [0.15, 0.2) is 0 Å².